The van der Waals surface area contributed by atoms with Crippen molar-refractivity contribution in [1.29, 1.82) is 0 Å². The van der Waals surface area contributed by atoms with E-state index in [1.807, 2.05) is 0 Å². The Morgan fingerprint density at radius 1 is 0.212 bits per heavy atom. The molecule has 0 spiro atoms. The van der Waals surface area contributed by atoms with Crippen molar-refractivity contribution in [1.82, 2.24) is 0 Å². The molecule has 1 aliphatic rings. The van der Waals surface area contributed by atoms with Crippen LogP contribution in [0.1, 0.15) is 544 Å². The number of hydrogen-bond donors (Lipinski definition) is 0. The first-order valence-corrected chi connectivity index (χ1v) is 49.5. The zero-order valence-corrected chi connectivity index (χ0v) is 72.9. The third-order valence-corrected chi connectivity index (χ3v) is 24.6. The average molecular weight is 1490 g/mol. The minimum absolute atomic E-state index is 0.969. The molecule has 1 heterocycles. The zero-order chi connectivity index (χ0) is 74.6. The molecule has 0 aromatic heterocycles. The Kier molecular flexibility index (Phi) is 73.3. The van der Waals surface area contributed by atoms with Crippen LogP contribution in [0.15, 0.2) is 48.0 Å². The maximum atomic E-state index is 12.2. The number of nitrogens with zero attached hydrogens (tertiary/aromatic N) is 2. The Morgan fingerprint density at radius 2 is 0.394 bits per heavy atom. The first kappa shape index (κ1) is 98.1. The predicted octanol–water partition coefficient (Wildman–Crippen LogP) is 36.8. The van der Waals surface area contributed by atoms with E-state index < -0.39 is 0 Å². The summed E-state index contributed by atoms with van der Waals surface area (Å²) in [5.41, 5.74) is 23.6. The Hall–Kier alpha value is -1.99. The fourth-order valence-corrected chi connectivity index (χ4v) is 17.5. The monoisotopic (exact) mass is 1480 g/mol. The molecule has 2 aromatic rings. The molecule has 0 bridgehead atoms. The van der Waals surface area contributed by atoms with Gasteiger partial charge in [0.25, 0.3) is 0 Å². The van der Waals surface area contributed by atoms with Crippen LogP contribution < -0.4 is 0 Å². The normalized spacial score (nSPS) is 12.4. The third kappa shape index (κ3) is 58.9. The molecule has 104 heavy (non-hydrogen) atoms. The second-order valence-corrected chi connectivity index (χ2v) is 35.1. The molecule has 2 aromatic carbocycles. The van der Waals surface area contributed by atoms with Crippen LogP contribution in [-0.4, -0.2) is 4.70 Å². The Labute approximate surface area is 660 Å². The smallest absolute Gasteiger partial charge is 0.493 e. The first-order chi connectivity index (χ1) is 51.5. The van der Waals surface area contributed by atoms with E-state index in [9.17, 15) is 5.53 Å². The minimum atomic E-state index is 0.969. The van der Waals surface area contributed by atoms with Gasteiger partial charge in [-0.1, -0.05) is 343 Å². The van der Waals surface area contributed by atoms with E-state index in [1.54, 1.807) is 4.70 Å². The van der Waals surface area contributed by atoms with E-state index in [1.165, 1.54) is 499 Å². The van der Waals surface area contributed by atoms with Crippen molar-refractivity contribution < 1.29 is 19.1 Å². The van der Waals surface area contributed by atoms with Gasteiger partial charge in [-0.2, -0.15) is 0 Å². The Morgan fingerprint density at radius 3 is 0.635 bits per heavy atom. The molecule has 0 saturated heterocycles. The fraction of sp³-hybridized carbons (Fsp3) is 0.842. The fourth-order valence-electron chi connectivity index (χ4n) is 16.3. The summed E-state index contributed by atoms with van der Waals surface area (Å²) in [4.78, 5) is 0. The molecule has 1 aliphatic heterocycles. The van der Waals surface area contributed by atoms with Crippen LogP contribution in [0.4, 0.5) is 0 Å². The van der Waals surface area contributed by atoms with Crippen molar-refractivity contribution in [3.63, 3.8) is 0 Å². The summed E-state index contributed by atoms with van der Waals surface area (Å²) < 4.78 is 1.58. The van der Waals surface area contributed by atoms with E-state index in [0.717, 1.165) is 49.9 Å². The summed E-state index contributed by atoms with van der Waals surface area (Å²) in [5, 5.41) is 2.87. The van der Waals surface area contributed by atoms with Crippen LogP contribution in [0.25, 0.3) is 16.9 Å². The van der Waals surface area contributed by atoms with Gasteiger partial charge < -0.3 is 5.53 Å². The molecule has 3 heteroatoms. The van der Waals surface area contributed by atoms with Gasteiger partial charge in [-0.05, 0) is 111 Å². The molecule has 0 aliphatic carbocycles. The third-order valence-electron chi connectivity index (χ3n) is 23.2. The van der Waals surface area contributed by atoms with Gasteiger partial charge in [0.05, 0.1) is 0 Å². The molecular formula is C101H184N2Ni. The average Bonchev–Trinajstić information content (AvgIpc) is 1.62. The summed E-state index contributed by atoms with van der Waals surface area (Å²) in [6.45, 7) is 16.1. The maximum absolute atomic E-state index is 12.2. The molecule has 0 radical (unpaired) electrons. The number of benzene rings is 2. The molecule has 608 valence electrons. The summed E-state index contributed by atoms with van der Waals surface area (Å²) >= 11 is 2.05. The Bertz CT molecular complexity index is 2150. The van der Waals surface area contributed by atoms with Gasteiger partial charge in [0, 0.05) is 22.8 Å². The molecule has 3 rings (SSSR count). The zero-order valence-electron chi connectivity index (χ0n) is 71.9. The van der Waals surface area contributed by atoms with Gasteiger partial charge in [0.15, 0.2) is 0 Å². The van der Waals surface area contributed by atoms with Gasteiger partial charge in [-0.3, -0.25) is 0 Å². The van der Waals surface area contributed by atoms with Crippen molar-refractivity contribution in [3.8, 4) is 0 Å². The second kappa shape index (κ2) is 77.7. The van der Waals surface area contributed by atoms with Crippen LogP contribution in [-0.2, 0) is 40.1 Å². The minimum Gasteiger partial charge on any atom is -0.493 e. The van der Waals surface area contributed by atoms with Crippen molar-refractivity contribution in [2.45, 2.75) is 547 Å². The molecule has 0 atom stereocenters. The van der Waals surface area contributed by atoms with Crippen LogP contribution in [0.3, 0.4) is 0 Å². The van der Waals surface area contributed by atoms with E-state index in [-0.39, 0.29) is 0 Å². The summed E-state index contributed by atoms with van der Waals surface area (Å²) in [7, 11) is 0. The van der Waals surface area contributed by atoms with Crippen LogP contribution in [0.2, 0.25) is 10.8 Å². The summed E-state index contributed by atoms with van der Waals surface area (Å²) in [5.74, 6) is 0. The van der Waals surface area contributed by atoms with E-state index in [0.29, 0.717) is 0 Å². The molecule has 0 N–H and O–H groups in total. The van der Waals surface area contributed by atoms with Crippen molar-refractivity contribution in [2.24, 2.45) is 0 Å². The standard InChI is InChI=1S/C47H74N2.2C27H55.Ni/c1-6-11-16-18-20-25-29-40-32-39(27-22-13-8-3)34-44(35-40)46-38-43(31-24-15-10-5)47(49(46)48)45-36-41(28-23-14-9-4)33-42(37-45)30-26-21-19-17-12-7-2;2*1-3-5-7-9-11-13-15-17-19-21-23-25-27-26-24-22-20-18-16-14-12-10-8-6-4-2;/h32-38H,6-31H2,1-5H3;2*1,3-27H2,2H3;. The van der Waals surface area contributed by atoms with E-state index >= 15 is 0 Å². The molecule has 0 unspecified atom stereocenters. The van der Waals surface area contributed by atoms with Crippen LogP contribution in [0, 0.1) is 0 Å². The number of rotatable bonds is 80. The first-order valence-electron chi connectivity index (χ1n) is 48.1. The number of aryl methyl sites for hydroxylation is 4. The number of unbranched alkanes of at least 4 members (excludes halogenated alkanes) is 64. The predicted molar refractivity (Wildman–Crippen MR) is 468 cm³/mol. The van der Waals surface area contributed by atoms with Gasteiger partial charge in [0.2, 0.25) is 11.4 Å². The topological polar surface area (TPSA) is 25.3 Å². The molecule has 0 amide bonds. The van der Waals surface area contributed by atoms with Gasteiger partial charge in [-0.15, -0.1) is 0 Å². The quantitative estimate of drug-likeness (QED) is 0.0358. The summed E-state index contributed by atoms with van der Waals surface area (Å²) in [6, 6.07) is 14.5. The molecule has 0 fully saturated rings. The molecule has 2 nitrogen and oxygen atoms in total. The van der Waals surface area contributed by atoms with E-state index in [2.05, 4.69) is 105 Å². The van der Waals surface area contributed by atoms with Crippen LogP contribution in [0.5, 0.6) is 0 Å². The van der Waals surface area contributed by atoms with Gasteiger partial charge in [0.1, 0.15) is 0 Å². The van der Waals surface area contributed by atoms with Gasteiger partial charge in [-0.25, -0.2) is 4.70 Å². The molecular weight excluding hydrogens is 1300 g/mol. The van der Waals surface area contributed by atoms with Crippen molar-refractivity contribution in [3.05, 3.63) is 87.0 Å². The summed E-state index contributed by atoms with van der Waals surface area (Å²) in [6.07, 6.45) is 109. The van der Waals surface area contributed by atoms with Crippen LogP contribution >= 0.6 is 0 Å². The second-order valence-electron chi connectivity index (χ2n) is 33.6. The number of hydrogen-bond acceptors (Lipinski definition) is 0. The van der Waals surface area contributed by atoms with Crippen molar-refractivity contribution >= 4 is 11.4 Å². The molecule has 0 saturated carbocycles. The van der Waals surface area contributed by atoms with Crippen molar-refractivity contribution in [2.75, 3.05) is 0 Å². The number of allylic oxidation sites excluding steroid dienone is 2. The van der Waals surface area contributed by atoms with E-state index in [4.69, 9.17) is 0 Å². The van der Waals surface area contributed by atoms with Gasteiger partial charge >= 0.3 is 166 Å². The SMILES string of the molecule is CCCCCCCCCCCCCCCCCCCCCCCCCC[CH2][Ni][CH2]CCCCCCCCCCCCCCCCCCCCCCCCCC.CCCCCCCCc1cc(CCCCC)cc(C2=CC(CCCCC)=C(c3cc(CCCCC)cc(CCCCCCCC)c3)[N+]2=[N-])c1. The Balaban J connectivity index is 0.000000710.